The van der Waals surface area contributed by atoms with E-state index in [1.807, 2.05) is 0 Å². The minimum Gasteiger partial charge on any atom is -0.461 e. The van der Waals surface area contributed by atoms with Crippen molar-refractivity contribution in [3.63, 3.8) is 0 Å². The molecule has 98 valence electrons. The average molecular weight is 287 g/mol. The first-order valence-corrected chi connectivity index (χ1v) is 7.02. The second-order valence-electron chi connectivity index (χ2n) is 3.87. The van der Waals surface area contributed by atoms with Crippen LogP contribution in [0.5, 0.6) is 0 Å². The Morgan fingerprint density at radius 3 is 3.00 bits per heavy atom. The summed E-state index contributed by atoms with van der Waals surface area (Å²) in [5.41, 5.74) is 0. The molecule has 1 saturated heterocycles. The molecular formula is C10H13N3O3S2. The fourth-order valence-electron chi connectivity index (χ4n) is 1.69. The Kier molecular flexibility index (Phi) is 4.18. The molecule has 0 saturated carbocycles. The quantitative estimate of drug-likeness (QED) is 0.660. The highest BCUT2D eigenvalue weighted by molar-refractivity contribution is 7.80. The van der Waals surface area contributed by atoms with Gasteiger partial charge >= 0.3 is 5.97 Å². The number of ether oxygens (including phenoxy) is 1. The first kappa shape index (κ1) is 13.3. The molecule has 0 aromatic carbocycles. The Labute approximate surface area is 114 Å². The number of carbonyl (C=O) groups is 2. The summed E-state index contributed by atoms with van der Waals surface area (Å²) in [4.78, 5) is 24.8. The fraction of sp³-hybridized carbons (Fsp3) is 0.600. The number of amides is 1. The summed E-state index contributed by atoms with van der Waals surface area (Å²) in [6, 6.07) is 0. The van der Waals surface area contributed by atoms with E-state index in [1.54, 1.807) is 11.8 Å². The SMILES string of the molecule is CCOC(=O)c1nnc(N2CC(CS)CC2=O)s1. The zero-order valence-corrected chi connectivity index (χ0v) is 11.5. The van der Waals surface area contributed by atoms with Gasteiger partial charge in [0, 0.05) is 13.0 Å². The number of aromatic nitrogens is 2. The van der Waals surface area contributed by atoms with Crippen molar-refractivity contribution in [2.24, 2.45) is 5.92 Å². The third-order valence-electron chi connectivity index (χ3n) is 2.56. The molecule has 1 atom stereocenters. The number of anilines is 1. The maximum atomic E-state index is 11.8. The molecule has 6 nitrogen and oxygen atoms in total. The molecule has 1 amide bonds. The molecule has 2 rings (SSSR count). The molecule has 0 bridgehead atoms. The van der Waals surface area contributed by atoms with Crippen LogP contribution in [0.2, 0.25) is 0 Å². The van der Waals surface area contributed by atoms with Gasteiger partial charge in [-0.05, 0) is 18.6 Å². The summed E-state index contributed by atoms with van der Waals surface area (Å²) in [5, 5.41) is 8.24. The lowest BCUT2D eigenvalue weighted by Gasteiger charge is -2.10. The molecule has 1 unspecified atom stereocenters. The predicted molar refractivity (Wildman–Crippen MR) is 70.2 cm³/mol. The van der Waals surface area contributed by atoms with Crippen LogP contribution in [-0.4, -0.2) is 41.0 Å². The van der Waals surface area contributed by atoms with E-state index in [2.05, 4.69) is 22.8 Å². The van der Waals surface area contributed by atoms with Crippen molar-refractivity contribution in [2.75, 3.05) is 23.8 Å². The highest BCUT2D eigenvalue weighted by atomic mass is 32.1. The van der Waals surface area contributed by atoms with Crippen LogP contribution in [-0.2, 0) is 9.53 Å². The first-order chi connectivity index (χ1) is 8.65. The molecule has 1 aromatic rings. The minimum atomic E-state index is -0.501. The van der Waals surface area contributed by atoms with Gasteiger partial charge in [0.15, 0.2) is 0 Å². The van der Waals surface area contributed by atoms with Crippen LogP contribution in [0, 0.1) is 5.92 Å². The summed E-state index contributed by atoms with van der Waals surface area (Å²) < 4.78 is 4.83. The Balaban J connectivity index is 2.11. The van der Waals surface area contributed by atoms with Crippen LogP contribution < -0.4 is 4.90 Å². The second-order valence-corrected chi connectivity index (χ2v) is 5.19. The van der Waals surface area contributed by atoms with Crippen LogP contribution in [0.1, 0.15) is 23.1 Å². The normalized spacial score (nSPS) is 19.3. The molecule has 18 heavy (non-hydrogen) atoms. The minimum absolute atomic E-state index is 0.000564. The van der Waals surface area contributed by atoms with Crippen molar-refractivity contribution in [2.45, 2.75) is 13.3 Å². The van der Waals surface area contributed by atoms with Crippen molar-refractivity contribution >= 4 is 41.0 Å². The number of esters is 1. The van der Waals surface area contributed by atoms with Crippen LogP contribution in [0.3, 0.4) is 0 Å². The third kappa shape index (κ3) is 2.64. The van der Waals surface area contributed by atoms with Crippen LogP contribution in [0.15, 0.2) is 0 Å². The number of nitrogens with zero attached hydrogens (tertiary/aromatic N) is 3. The molecular weight excluding hydrogens is 274 g/mol. The molecule has 1 fully saturated rings. The van der Waals surface area contributed by atoms with E-state index in [1.165, 1.54) is 0 Å². The highest BCUT2D eigenvalue weighted by Crippen LogP contribution is 2.28. The molecule has 1 aromatic heterocycles. The monoisotopic (exact) mass is 287 g/mol. The van der Waals surface area contributed by atoms with Crippen molar-refractivity contribution in [3.05, 3.63) is 5.01 Å². The summed E-state index contributed by atoms with van der Waals surface area (Å²) in [6.07, 6.45) is 0.470. The lowest BCUT2D eigenvalue weighted by molar-refractivity contribution is -0.117. The third-order valence-corrected chi connectivity index (χ3v) is 4.00. The van der Waals surface area contributed by atoms with Crippen molar-refractivity contribution in [3.8, 4) is 0 Å². The number of carbonyl (C=O) groups excluding carboxylic acids is 2. The van der Waals surface area contributed by atoms with E-state index in [9.17, 15) is 9.59 Å². The molecule has 0 radical (unpaired) electrons. The standard InChI is InChI=1S/C10H13N3O3S2/c1-2-16-9(15)8-11-12-10(18-8)13-4-6(5-17)3-7(13)14/h6,17H,2-5H2,1H3. The Morgan fingerprint density at radius 1 is 1.61 bits per heavy atom. The van der Waals surface area contributed by atoms with Gasteiger partial charge in [0.05, 0.1) is 6.61 Å². The lowest BCUT2D eigenvalue weighted by atomic mass is 10.1. The Bertz CT molecular complexity index is 463. The van der Waals surface area contributed by atoms with Crippen molar-refractivity contribution < 1.29 is 14.3 Å². The summed E-state index contributed by atoms with van der Waals surface area (Å²) in [5.74, 6) is 0.390. The molecule has 1 aliphatic rings. The van der Waals surface area contributed by atoms with E-state index < -0.39 is 5.97 Å². The van der Waals surface area contributed by atoms with Crippen LogP contribution >= 0.6 is 24.0 Å². The smallest absolute Gasteiger partial charge is 0.369 e. The number of hydrogen-bond donors (Lipinski definition) is 1. The maximum absolute atomic E-state index is 11.8. The zero-order valence-electron chi connectivity index (χ0n) is 9.83. The Hall–Kier alpha value is -1.15. The van der Waals surface area contributed by atoms with Crippen LogP contribution in [0.25, 0.3) is 0 Å². The molecule has 0 N–H and O–H groups in total. The summed E-state index contributed by atoms with van der Waals surface area (Å²) in [6.45, 7) is 2.60. The van der Waals surface area contributed by atoms with E-state index in [-0.39, 0.29) is 23.4 Å². The van der Waals surface area contributed by atoms with Gasteiger partial charge in [-0.15, -0.1) is 10.2 Å². The van der Waals surface area contributed by atoms with E-state index in [0.717, 1.165) is 11.3 Å². The topological polar surface area (TPSA) is 72.4 Å². The summed E-state index contributed by atoms with van der Waals surface area (Å²) >= 11 is 5.27. The van der Waals surface area contributed by atoms with Crippen LogP contribution in [0.4, 0.5) is 5.13 Å². The van der Waals surface area contributed by atoms with Gasteiger partial charge in [-0.1, -0.05) is 11.3 Å². The van der Waals surface area contributed by atoms with Crippen molar-refractivity contribution in [1.29, 1.82) is 0 Å². The number of hydrogen-bond acceptors (Lipinski definition) is 7. The van der Waals surface area contributed by atoms with Gasteiger partial charge in [0.1, 0.15) is 0 Å². The highest BCUT2D eigenvalue weighted by Gasteiger charge is 2.32. The number of rotatable bonds is 4. The van der Waals surface area contributed by atoms with E-state index in [4.69, 9.17) is 4.74 Å². The molecule has 0 spiro atoms. The molecule has 2 heterocycles. The molecule has 8 heteroatoms. The van der Waals surface area contributed by atoms with Gasteiger partial charge in [-0.3, -0.25) is 9.69 Å². The van der Waals surface area contributed by atoms with Gasteiger partial charge < -0.3 is 4.74 Å². The molecule has 1 aliphatic heterocycles. The number of thiol groups is 1. The predicted octanol–water partition coefficient (Wildman–Crippen LogP) is 0.998. The Morgan fingerprint density at radius 2 is 2.39 bits per heavy atom. The molecule has 0 aliphatic carbocycles. The van der Waals surface area contributed by atoms with Gasteiger partial charge in [0.2, 0.25) is 16.0 Å². The van der Waals surface area contributed by atoms with Gasteiger partial charge in [-0.25, -0.2) is 4.79 Å². The largest absolute Gasteiger partial charge is 0.461 e. The van der Waals surface area contributed by atoms with E-state index >= 15 is 0 Å². The van der Waals surface area contributed by atoms with Gasteiger partial charge in [-0.2, -0.15) is 12.6 Å². The lowest BCUT2D eigenvalue weighted by Crippen LogP contribution is -2.24. The zero-order chi connectivity index (χ0) is 13.1. The van der Waals surface area contributed by atoms with Crippen molar-refractivity contribution in [1.82, 2.24) is 10.2 Å². The van der Waals surface area contributed by atoms with Gasteiger partial charge in [0.25, 0.3) is 0 Å². The average Bonchev–Trinajstić information content (AvgIpc) is 2.95. The fourth-order valence-corrected chi connectivity index (χ4v) is 2.70. The first-order valence-electron chi connectivity index (χ1n) is 5.57. The maximum Gasteiger partial charge on any atom is 0.369 e. The second kappa shape index (κ2) is 5.66. The summed E-state index contributed by atoms with van der Waals surface area (Å²) in [7, 11) is 0. The van der Waals surface area contributed by atoms with E-state index in [0.29, 0.717) is 23.8 Å².